The fourth-order valence-corrected chi connectivity index (χ4v) is 2.20. The third-order valence-corrected chi connectivity index (χ3v) is 3.29. The van der Waals surface area contributed by atoms with E-state index in [0.29, 0.717) is 22.8 Å². The molecule has 0 radical (unpaired) electrons. The van der Waals surface area contributed by atoms with E-state index in [4.69, 9.17) is 17.4 Å². The van der Waals surface area contributed by atoms with Crippen LogP contribution in [0.2, 0.25) is 5.02 Å². The minimum absolute atomic E-state index is 0.172. The minimum Gasteiger partial charge on any atom is -0.336 e. The van der Waals surface area contributed by atoms with Gasteiger partial charge in [0.1, 0.15) is 0 Å². The molecule has 0 bridgehead atoms. The molecule has 0 spiro atoms. The molecule has 2 rings (SSSR count). The Labute approximate surface area is 128 Å². The molecule has 0 aliphatic carbocycles. The molecule has 1 aromatic heterocycles. The first-order valence-electron chi connectivity index (χ1n) is 6.45. The van der Waals surface area contributed by atoms with E-state index in [2.05, 4.69) is 10.4 Å². The van der Waals surface area contributed by atoms with Gasteiger partial charge in [-0.05, 0) is 37.3 Å². The van der Waals surface area contributed by atoms with Gasteiger partial charge >= 0.3 is 0 Å². The molecule has 0 fully saturated rings. The van der Waals surface area contributed by atoms with Gasteiger partial charge in [0.05, 0.1) is 23.5 Å². The molecule has 0 aliphatic rings. The number of hydrogen-bond acceptors (Lipinski definition) is 4. The van der Waals surface area contributed by atoms with Crippen LogP contribution < -0.4 is 11.3 Å². The topological polar surface area (TPSA) is 71.2 Å². The molecular weight excluding hydrogens is 288 g/mol. The summed E-state index contributed by atoms with van der Waals surface area (Å²) in [6.07, 6.45) is 0. The molecule has 21 heavy (non-hydrogen) atoms. The number of nitrogens with zero attached hydrogens (tertiary/aromatic N) is 2. The fourth-order valence-electron chi connectivity index (χ4n) is 2.03. The van der Waals surface area contributed by atoms with E-state index in [0.717, 1.165) is 11.4 Å². The number of hydrazine groups is 1. The number of nitrogens with two attached hydrogens (primary N) is 1. The van der Waals surface area contributed by atoms with E-state index in [1.54, 1.807) is 30.1 Å². The molecule has 1 aromatic carbocycles. The van der Waals surface area contributed by atoms with Gasteiger partial charge in [-0.25, -0.2) is 0 Å². The molecule has 0 aliphatic heterocycles. The van der Waals surface area contributed by atoms with Gasteiger partial charge in [0.25, 0.3) is 5.91 Å². The summed E-state index contributed by atoms with van der Waals surface area (Å²) >= 11 is 5.95. The first kappa shape index (κ1) is 15.3. The maximum atomic E-state index is 12.5. The van der Waals surface area contributed by atoms with Gasteiger partial charge in [-0.1, -0.05) is 17.7 Å². The summed E-state index contributed by atoms with van der Waals surface area (Å²) in [5.74, 6) is 5.26. The predicted octanol–water partition coefficient (Wildman–Crippen LogP) is 2.60. The summed E-state index contributed by atoms with van der Waals surface area (Å²) in [6.45, 7) is 2.33. The molecule has 3 N–H and O–H groups in total. The van der Waals surface area contributed by atoms with Crippen molar-refractivity contribution < 1.29 is 4.79 Å². The number of halogens is 1. The van der Waals surface area contributed by atoms with Crippen LogP contribution >= 0.6 is 11.6 Å². The highest BCUT2D eigenvalue weighted by atomic mass is 35.5. The summed E-state index contributed by atoms with van der Waals surface area (Å²) in [5, 5.41) is 0.486. The smallest absolute Gasteiger partial charge is 0.256 e. The SMILES string of the molecule is Cc1cccc(CN(C)C(=O)c2cc(Cl)ccc2NN)n1. The standard InChI is InChI=1S/C15H17ClN4O/c1-10-4-3-5-12(18-10)9-20(2)15(21)13-8-11(16)6-7-14(13)19-17/h3-8,19H,9,17H2,1-2H3. The second kappa shape index (κ2) is 6.56. The number of rotatable bonds is 4. The molecule has 6 heteroatoms. The first-order valence-corrected chi connectivity index (χ1v) is 6.83. The molecular formula is C15H17ClN4O. The van der Waals surface area contributed by atoms with Crippen LogP contribution in [0, 0.1) is 6.92 Å². The van der Waals surface area contributed by atoms with E-state index in [-0.39, 0.29) is 5.91 Å². The maximum absolute atomic E-state index is 12.5. The van der Waals surface area contributed by atoms with Crippen LogP contribution in [0.25, 0.3) is 0 Å². The van der Waals surface area contributed by atoms with Crippen LogP contribution in [0.1, 0.15) is 21.7 Å². The third kappa shape index (κ3) is 3.71. The highest BCUT2D eigenvalue weighted by Crippen LogP contribution is 2.21. The number of benzene rings is 1. The van der Waals surface area contributed by atoms with Crippen molar-refractivity contribution in [2.45, 2.75) is 13.5 Å². The summed E-state index contributed by atoms with van der Waals surface area (Å²) in [5.41, 5.74) is 5.22. The molecule has 0 atom stereocenters. The van der Waals surface area contributed by atoms with Crippen LogP contribution in [0.15, 0.2) is 36.4 Å². The lowest BCUT2D eigenvalue weighted by Crippen LogP contribution is -2.28. The molecule has 5 nitrogen and oxygen atoms in total. The van der Waals surface area contributed by atoms with E-state index in [1.807, 2.05) is 25.1 Å². The summed E-state index contributed by atoms with van der Waals surface area (Å²) in [7, 11) is 1.72. The molecule has 2 aromatic rings. The molecule has 0 unspecified atom stereocenters. The average Bonchev–Trinajstić information content (AvgIpc) is 2.46. The Balaban J connectivity index is 2.21. The zero-order valence-electron chi connectivity index (χ0n) is 11.9. The zero-order chi connectivity index (χ0) is 15.4. The van der Waals surface area contributed by atoms with Crippen molar-refractivity contribution in [2.24, 2.45) is 5.84 Å². The Morgan fingerprint density at radius 3 is 2.81 bits per heavy atom. The van der Waals surface area contributed by atoms with Crippen LogP contribution in [0.3, 0.4) is 0 Å². The fraction of sp³-hybridized carbons (Fsp3) is 0.200. The Kier molecular flexibility index (Phi) is 4.77. The summed E-state index contributed by atoms with van der Waals surface area (Å²) < 4.78 is 0. The highest BCUT2D eigenvalue weighted by Gasteiger charge is 2.16. The van der Waals surface area contributed by atoms with Gasteiger partial charge in [0, 0.05) is 17.8 Å². The predicted molar refractivity (Wildman–Crippen MR) is 84.0 cm³/mol. The number of carbonyl (C=O) groups is 1. The van der Waals surface area contributed by atoms with Gasteiger partial charge in [-0.15, -0.1) is 0 Å². The number of pyridine rings is 1. The van der Waals surface area contributed by atoms with Gasteiger partial charge in [-0.2, -0.15) is 0 Å². The van der Waals surface area contributed by atoms with Crippen molar-refractivity contribution in [3.8, 4) is 0 Å². The van der Waals surface area contributed by atoms with Crippen molar-refractivity contribution in [1.29, 1.82) is 0 Å². The summed E-state index contributed by atoms with van der Waals surface area (Å²) in [6, 6.07) is 10.7. The Morgan fingerprint density at radius 1 is 1.38 bits per heavy atom. The monoisotopic (exact) mass is 304 g/mol. The Hall–Kier alpha value is -2.11. The van der Waals surface area contributed by atoms with Crippen molar-refractivity contribution in [3.63, 3.8) is 0 Å². The number of amides is 1. The third-order valence-electron chi connectivity index (χ3n) is 3.06. The van der Waals surface area contributed by atoms with E-state index < -0.39 is 0 Å². The van der Waals surface area contributed by atoms with Crippen molar-refractivity contribution in [2.75, 3.05) is 12.5 Å². The molecule has 0 saturated carbocycles. The molecule has 0 saturated heterocycles. The lowest BCUT2D eigenvalue weighted by atomic mass is 10.1. The number of aromatic nitrogens is 1. The summed E-state index contributed by atoms with van der Waals surface area (Å²) in [4.78, 5) is 18.5. The largest absolute Gasteiger partial charge is 0.336 e. The average molecular weight is 305 g/mol. The second-order valence-electron chi connectivity index (χ2n) is 4.77. The number of carbonyl (C=O) groups excluding carboxylic acids is 1. The Bertz CT molecular complexity index is 660. The number of anilines is 1. The first-order chi connectivity index (χ1) is 10.0. The van der Waals surface area contributed by atoms with Crippen molar-refractivity contribution >= 4 is 23.2 Å². The maximum Gasteiger partial charge on any atom is 0.256 e. The van der Waals surface area contributed by atoms with E-state index in [1.165, 1.54) is 0 Å². The number of nitrogen functional groups attached to an aromatic ring is 1. The van der Waals surface area contributed by atoms with Gasteiger partial charge in [-0.3, -0.25) is 15.6 Å². The van der Waals surface area contributed by atoms with Gasteiger partial charge in [0.15, 0.2) is 0 Å². The quantitative estimate of drug-likeness (QED) is 0.673. The zero-order valence-corrected chi connectivity index (χ0v) is 12.7. The van der Waals surface area contributed by atoms with Crippen LogP contribution in [-0.4, -0.2) is 22.8 Å². The normalized spacial score (nSPS) is 10.3. The van der Waals surface area contributed by atoms with Gasteiger partial charge < -0.3 is 10.3 Å². The van der Waals surface area contributed by atoms with E-state index >= 15 is 0 Å². The molecule has 1 heterocycles. The molecule has 110 valence electrons. The van der Waals surface area contributed by atoms with Gasteiger partial charge in [0.2, 0.25) is 0 Å². The Morgan fingerprint density at radius 2 is 2.14 bits per heavy atom. The van der Waals surface area contributed by atoms with Crippen molar-refractivity contribution in [1.82, 2.24) is 9.88 Å². The van der Waals surface area contributed by atoms with E-state index in [9.17, 15) is 4.79 Å². The minimum atomic E-state index is -0.172. The molecule has 1 amide bonds. The lowest BCUT2D eigenvalue weighted by Gasteiger charge is -2.19. The van der Waals surface area contributed by atoms with Crippen LogP contribution in [0.5, 0.6) is 0 Å². The van der Waals surface area contributed by atoms with Crippen LogP contribution in [0.4, 0.5) is 5.69 Å². The number of hydrogen-bond donors (Lipinski definition) is 2. The van der Waals surface area contributed by atoms with Crippen LogP contribution in [-0.2, 0) is 6.54 Å². The number of nitrogens with one attached hydrogen (secondary N) is 1. The second-order valence-corrected chi connectivity index (χ2v) is 5.20. The van der Waals surface area contributed by atoms with Crippen molar-refractivity contribution in [3.05, 3.63) is 58.4 Å². The highest BCUT2D eigenvalue weighted by molar-refractivity contribution is 6.31. The lowest BCUT2D eigenvalue weighted by molar-refractivity contribution is 0.0784. The number of aryl methyl sites for hydroxylation is 1.